The summed E-state index contributed by atoms with van der Waals surface area (Å²) in [5.74, 6) is -1.99. The number of rotatable bonds is 7. The van der Waals surface area contributed by atoms with Crippen molar-refractivity contribution in [2.75, 3.05) is 7.11 Å². The number of esters is 2. The van der Waals surface area contributed by atoms with Crippen LogP contribution in [0.1, 0.15) is 31.8 Å². The Labute approximate surface area is 159 Å². The predicted molar refractivity (Wildman–Crippen MR) is 98.2 cm³/mol. The van der Waals surface area contributed by atoms with E-state index < -0.39 is 22.8 Å². The monoisotopic (exact) mass is 384 g/mol. The molecule has 2 aromatic carbocycles. The first-order valence-electron chi connectivity index (χ1n) is 7.92. The Morgan fingerprint density at radius 1 is 1.11 bits per heavy atom. The molecule has 144 valence electrons. The van der Waals surface area contributed by atoms with Gasteiger partial charge in [-0.25, -0.2) is 9.59 Å². The van der Waals surface area contributed by atoms with Crippen LogP contribution in [0.3, 0.4) is 0 Å². The molecule has 9 nitrogen and oxygen atoms in total. The third kappa shape index (κ3) is 5.24. The van der Waals surface area contributed by atoms with Crippen LogP contribution in [0.2, 0.25) is 0 Å². The second-order valence-electron chi connectivity index (χ2n) is 5.52. The molecule has 0 heterocycles. The van der Waals surface area contributed by atoms with Crippen LogP contribution in [0, 0.1) is 10.1 Å². The summed E-state index contributed by atoms with van der Waals surface area (Å²) in [6, 6.07) is 9.97. The summed E-state index contributed by atoms with van der Waals surface area (Å²) in [6.07, 6.45) is 2.62. The highest BCUT2D eigenvalue weighted by atomic mass is 16.6. The average Bonchev–Trinajstić information content (AvgIpc) is 2.70. The molecule has 0 spiro atoms. The molecule has 0 atom stereocenters. The van der Waals surface area contributed by atoms with Gasteiger partial charge in [0.15, 0.2) is 0 Å². The number of carbonyl (C=O) groups is 3. The average molecular weight is 384 g/mol. The van der Waals surface area contributed by atoms with Crippen molar-refractivity contribution >= 4 is 29.6 Å². The van der Waals surface area contributed by atoms with E-state index in [-0.39, 0.29) is 23.4 Å². The van der Waals surface area contributed by atoms with Crippen LogP contribution in [-0.2, 0) is 20.9 Å². The van der Waals surface area contributed by atoms with Crippen LogP contribution < -0.4 is 5.73 Å². The predicted octanol–water partition coefficient (Wildman–Crippen LogP) is 2.24. The van der Waals surface area contributed by atoms with Crippen molar-refractivity contribution in [1.82, 2.24) is 0 Å². The summed E-state index contributed by atoms with van der Waals surface area (Å²) in [7, 11) is 1.28. The molecule has 0 aliphatic carbocycles. The quantitative estimate of drug-likeness (QED) is 0.334. The highest BCUT2D eigenvalue weighted by Gasteiger charge is 2.17. The molecule has 2 N–H and O–H groups in total. The van der Waals surface area contributed by atoms with Gasteiger partial charge in [-0.3, -0.25) is 14.9 Å². The zero-order chi connectivity index (χ0) is 20.7. The maximum atomic E-state index is 11.8. The van der Waals surface area contributed by atoms with Crippen molar-refractivity contribution in [2.24, 2.45) is 5.73 Å². The molecule has 0 aliphatic heterocycles. The van der Waals surface area contributed by atoms with E-state index in [2.05, 4.69) is 4.74 Å². The standard InChI is InChI=1S/C19H16N2O7/c1-27-19(24)13-5-2-12(3-6-13)4-9-17(22)28-11-15-8-7-14(18(20)23)10-16(15)21(25)26/h2-10H,11H2,1H3,(H2,20,23)/b9-4+. The van der Waals surface area contributed by atoms with Gasteiger partial charge in [-0.05, 0) is 35.9 Å². The van der Waals surface area contributed by atoms with E-state index in [9.17, 15) is 24.5 Å². The van der Waals surface area contributed by atoms with Crippen molar-refractivity contribution < 1.29 is 28.8 Å². The molecule has 0 saturated heterocycles. The van der Waals surface area contributed by atoms with Gasteiger partial charge in [-0.2, -0.15) is 0 Å². The number of hydrogen-bond acceptors (Lipinski definition) is 7. The first-order valence-corrected chi connectivity index (χ1v) is 7.92. The maximum absolute atomic E-state index is 11.8. The summed E-state index contributed by atoms with van der Waals surface area (Å²) in [4.78, 5) is 44.8. The van der Waals surface area contributed by atoms with Crippen LogP contribution in [0.15, 0.2) is 48.5 Å². The Hall–Kier alpha value is -4.01. The van der Waals surface area contributed by atoms with E-state index in [1.54, 1.807) is 24.3 Å². The lowest BCUT2D eigenvalue weighted by atomic mass is 10.1. The number of hydrogen-bond donors (Lipinski definition) is 1. The van der Waals surface area contributed by atoms with E-state index >= 15 is 0 Å². The Morgan fingerprint density at radius 2 is 1.75 bits per heavy atom. The van der Waals surface area contributed by atoms with Gasteiger partial charge in [0.1, 0.15) is 6.61 Å². The summed E-state index contributed by atoms with van der Waals surface area (Å²) >= 11 is 0. The third-order valence-corrected chi connectivity index (χ3v) is 3.68. The molecule has 2 rings (SSSR count). The summed E-state index contributed by atoms with van der Waals surface area (Å²) < 4.78 is 9.59. The molecule has 0 unspecified atom stereocenters. The van der Waals surface area contributed by atoms with E-state index in [1.807, 2.05) is 0 Å². The van der Waals surface area contributed by atoms with Gasteiger partial charge in [0.2, 0.25) is 5.91 Å². The van der Waals surface area contributed by atoms with Crippen LogP contribution in [0.5, 0.6) is 0 Å². The minimum absolute atomic E-state index is 0.0166. The number of nitro groups is 1. The molecule has 28 heavy (non-hydrogen) atoms. The molecule has 0 radical (unpaired) electrons. The first kappa shape index (κ1) is 20.3. The van der Waals surface area contributed by atoms with Crippen LogP contribution in [-0.4, -0.2) is 29.9 Å². The molecule has 2 aromatic rings. The SMILES string of the molecule is COC(=O)c1ccc(/C=C/C(=O)OCc2ccc(C(N)=O)cc2[N+](=O)[O-])cc1. The Balaban J connectivity index is 2.02. The Kier molecular flexibility index (Phi) is 6.58. The number of benzene rings is 2. The molecule has 0 aromatic heterocycles. The molecule has 9 heteroatoms. The number of primary amides is 1. The van der Waals surface area contributed by atoms with Crippen molar-refractivity contribution in [2.45, 2.75) is 6.61 Å². The number of nitrogens with two attached hydrogens (primary N) is 1. The lowest BCUT2D eigenvalue weighted by Crippen LogP contribution is -2.12. The van der Waals surface area contributed by atoms with E-state index in [1.165, 1.54) is 25.3 Å². The van der Waals surface area contributed by atoms with Gasteiger partial charge in [-0.1, -0.05) is 12.1 Å². The normalized spacial score (nSPS) is 10.5. The van der Waals surface area contributed by atoms with E-state index in [0.717, 1.165) is 12.1 Å². The van der Waals surface area contributed by atoms with Crippen LogP contribution in [0.4, 0.5) is 5.69 Å². The Morgan fingerprint density at radius 3 is 2.32 bits per heavy atom. The van der Waals surface area contributed by atoms with E-state index in [4.69, 9.17) is 10.5 Å². The van der Waals surface area contributed by atoms with E-state index in [0.29, 0.717) is 11.1 Å². The number of ether oxygens (including phenoxy) is 2. The molecule has 0 fully saturated rings. The van der Waals surface area contributed by atoms with Crippen LogP contribution in [0.25, 0.3) is 6.08 Å². The zero-order valence-corrected chi connectivity index (χ0v) is 14.8. The highest BCUT2D eigenvalue weighted by molar-refractivity contribution is 5.93. The minimum Gasteiger partial charge on any atom is -0.465 e. The summed E-state index contributed by atoms with van der Waals surface area (Å²) in [5.41, 5.74) is 5.85. The van der Waals surface area contributed by atoms with Gasteiger partial charge in [-0.15, -0.1) is 0 Å². The maximum Gasteiger partial charge on any atom is 0.337 e. The molecule has 1 amide bonds. The van der Waals surface area contributed by atoms with Gasteiger partial charge < -0.3 is 15.2 Å². The zero-order valence-electron chi connectivity index (χ0n) is 14.8. The topological polar surface area (TPSA) is 139 Å². The molecular weight excluding hydrogens is 368 g/mol. The fourth-order valence-electron chi connectivity index (χ4n) is 2.22. The van der Waals surface area contributed by atoms with Crippen molar-refractivity contribution in [3.63, 3.8) is 0 Å². The van der Waals surface area contributed by atoms with Gasteiger partial charge >= 0.3 is 11.9 Å². The number of methoxy groups -OCH3 is 1. The first-order chi connectivity index (χ1) is 13.3. The fourth-order valence-corrected chi connectivity index (χ4v) is 2.22. The molecule has 0 aliphatic rings. The third-order valence-electron chi connectivity index (χ3n) is 3.68. The summed E-state index contributed by atoms with van der Waals surface area (Å²) in [5, 5.41) is 11.1. The fraction of sp³-hybridized carbons (Fsp3) is 0.105. The molecule has 0 bridgehead atoms. The van der Waals surface area contributed by atoms with Crippen LogP contribution >= 0.6 is 0 Å². The number of amides is 1. The van der Waals surface area contributed by atoms with Gasteiger partial charge in [0.25, 0.3) is 5.69 Å². The lowest BCUT2D eigenvalue weighted by Gasteiger charge is -2.05. The minimum atomic E-state index is -0.798. The number of carbonyl (C=O) groups excluding carboxylic acids is 3. The van der Waals surface area contributed by atoms with Crippen molar-refractivity contribution in [3.8, 4) is 0 Å². The smallest absolute Gasteiger partial charge is 0.337 e. The number of nitrogens with zero attached hydrogens (tertiary/aromatic N) is 1. The van der Waals surface area contributed by atoms with Crippen molar-refractivity contribution in [3.05, 3.63) is 80.9 Å². The van der Waals surface area contributed by atoms with Gasteiger partial charge in [0, 0.05) is 17.7 Å². The van der Waals surface area contributed by atoms with Crippen molar-refractivity contribution in [1.29, 1.82) is 0 Å². The Bertz CT molecular complexity index is 949. The molecule has 0 saturated carbocycles. The second kappa shape index (κ2) is 9.08. The largest absolute Gasteiger partial charge is 0.465 e. The number of nitro benzene ring substituents is 1. The van der Waals surface area contributed by atoms with Gasteiger partial charge in [0.05, 0.1) is 23.2 Å². The summed E-state index contributed by atoms with van der Waals surface area (Å²) in [6.45, 7) is -0.347. The highest BCUT2D eigenvalue weighted by Crippen LogP contribution is 2.21. The molecular formula is C19H16N2O7. The second-order valence-corrected chi connectivity index (χ2v) is 5.52. The lowest BCUT2D eigenvalue weighted by molar-refractivity contribution is -0.385.